The standard InChI is InChI=1S/C10H11N3/c1-13(10-7-11-12-8-10)9-5-3-2-4-6-9/h2-8H,1H3,(H,11,12). The number of para-hydroxylation sites is 1. The first-order valence-corrected chi connectivity index (χ1v) is 4.15. The van der Waals surface area contributed by atoms with Crippen LogP contribution in [0.5, 0.6) is 0 Å². The Labute approximate surface area is 77.0 Å². The summed E-state index contributed by atoms with van der Waals surface area (Å²) in [6.07, 6.45) is 3.67. The van der Waals surface area contributed by atoms with E-state index in [2.05, 4.69) is 27.2 Å². The smallest absolute Gasteiger partial charge is 0.0791 e. The summed E-state index contributed by atoms with van der Waals surface area (Å²) < 4.78 is 0. The first-order chi connectivity index (χ1) is 6.38. The summed E-state index contributed by atoms with van der Waals surface area (Å²) in [6.45, 7) is 0. The van der Waals surface area contributed by atoms with Gasteiger partial charge < -0.3 is 4.90 Å². The molecule has 0 radical (unpaired) electrons. The number of anilines is 2. The molecule has 2 aromatic rings. The van der Waals surface area contributed by atoms with E-state index < -0.39 is 0 Å². The lowest BCUT2D eigenvalue weighted by molar-refractivity contribution is 1.09. The van der Waals surface area contributed by atoms with Crippen LogP contribution in [-0.4, -0.2) is 17.2 Å². The zero-order chi connectivity index (χ0) is 9.10. The number of hydrogen-bond acceptors (Lipinski definition) is 2. The molecule has 13 heavy (non-hydrogen) atoms. The van der Waals surface area contributed by atoms with Crippen LogP contribution >= 0.6 is 0 Å². The van der Waals surface area contributed by atoms with Gasteiger partial charge in [0, 0.05) is 18.9 Å². The van der Waals surface area contributed by atoms with Crippen molar-refractivity contribution in [3.63, 3.8) is 0 Å². The quantitative estimate of drug-likeness (QED) is 0.754. The monoisotopic (exact) mass is 173 g/mol. The summed E-state index contributed by atoms with van der Waals surface area (Å²) in [6, 6.07) is 10.2. The molecule has 0 amide bonds. The van der Waals surface area contributed by atoms with Crippen molar-refractivity contribution in [1.82, 2.24) is 10.2 Å². The van der Waals surface area contributed by atoms with Gasteiger partial charge in [-0.3, -0.25) is 5.10 Å². The molecular formula is C10H11N3. The third-order valence-corrected chi connectivity index (χ3v) is 2.01. The van der Waals surface area contributed by atoms with Crippen LogP contribution in [0, 0.1) is 0 Å². The van der Waals surface area contributed by atoms with Gasteiger partial charge in [-0.05, 0) is 12.1 Å². The molecular weight excluding hydrogens is 162 g/mol. The van der Waals surface area contributed by atoms with Gasteiger partial charge in [0.2, 0.25) is 0 Å². The molecule has 0 unspecified atom stereocenters. The topological polar surface area (TPSA) is 31.9 Å². The van der Waals surface area contributed by atoms with Gasteiger partial charge in [0.05, 0.1) is 11.9 Å². The van der Waals surface area contributed by atoms with Crippen molar-refractivity contribution < 1.29 is 0 Å². The van der Waals surface area contributed by atoms with Crippen molar-refractivity contribution in [3.05, 3.63) is 42.7 Å². The summed E-state index contributed by atoms with van der Waals surface area (Å²) in [7, 11) is 2.01. The highest BCUT2D eigenvalue weighted by atomic mass is 15.2. The second-order valence-electron chi connectivity index (χ2n) is 2.85. The molecule has 0 saturated heterocycles. The Hall–Kier alpha value is -1.77. The molecule has 0 atom stereocenters. The molecule has 66 valence electrons. The summed E-state index contributed by atoms with van der Waals surface area (Å²) >= 11 is 0. The molecule has 3 heteroatoms. The van der Waals surface area contributed by atoms with E-state index in [0.717, 1.165) is 11.4 Å². The fraction of sp³-hybridized carbons (Fsp3) is 0.100. The zero-order valence-corrected chi connectivity index (χ0v) is 7.44. The van der Waals surface area contributed by atoms with Gasteiger partial charge in [0.25, 0.3) is 0 Å². The molecule has 1 aromatic carbocycles. The molecule has 1 N–H and O–H groups in total. The van der Waals surface area contributed by atoms with E-state index >= 15 is 0 Å². The average Bonchev–Trinajstić information content (AvgIpc) is 2.71. The van der Waals surface area contributed by atoms with Crippen molar-refractivity contribution >= 4 is 11.4 Å². The summed E-state index contributed by atoms with van der Waals surface area (Å²) in [4.78, 5) is 2.07. The fourth-order valence-electron chi connectivity index (χ4n) is 1.23. The number of aromatic amines is 1. The van der Waals surface area contributed by atoms with Crippen LogP contribution in [0.2, 0.25) is 0 Å². The minimum Gasteiger partial charge on any atom is -0.342 e. The van der Waals surface area contributed by atoms with Crippen molar-refractivity contribution in [1.29, 1.82) is 0 Å². The van der Waals surface area contributed by atoms with E-state index in [1.807, 2.05) is 31.4 Å². The van der Waals surface area contributed by atoms with Crippen molar-refractivity contribution in [2.45, 2.75) is 0 Å². The maximum Gasteiger partial charge on any atom is 0.0791 e. The van der Waals surface area contributed by atoms with Crippen LogP contribution in [0.3, 0.4) is 0 Å². The van der Waals surface area contributed by atoms with Gasteiger partial charge >= 0.3 is 0 Å². The average molecular weight is 173 g/mol. The highest BCUT2D eigenvalue weighted by Crippen LogP contribution is 2.20. The third kappa shape index (κ3) is 1.54. The number of aromatic nitrogens is 2. The Morgan fingerprint density at radius 1 is 1.15 bits per heavy atom. The Bertz CT molecular complexity index is 353. The number of hydrogen-bond donors (Lipinski definition) is 1. The predicted molar refractivity (Wildman–Crippen MR) is 53.1 cm³/mol. The number of H-pyrrole nitrogens is 1. The molecule has 0 aliphatic heterocycles. The Morgan fingerprint density at radius 3 is 2.54 bits per heavy atom. The van der Waals surface area contributed by atoms with E-state index in [4.69, 9.17) is 0 Å². The first-order valence-electron chi connectivity index (χ1n) is 4.15. The minimum absolute atomic E-state index is 1.06. The highest BCUT2D eigenvalue weighted by Gasteiger charge is 2.02. The minimum atomic E-state index is 1.06. The second-order valence-corrected chi connectivity index (χ2v) is 2.85. The van der Waals surface area contributed by atoms with Crippen LogP contribution in [0.25, 0.3) is 0 Å². The first kappa shape index (κ1) is 7.86. The lowest BCUT2D eigenvalue weighted by Gasteiger charge is -2.16. The molecule has 1 heterocycles. The Balaban J connectivity index is 2.29. The van der Waals surface area contributed by atoms with Gasteiger partial charge in [-0.1, -0.05) is 18.2 Å². The molecule has 0 saturated carbocycles. The van der Waals surface area contributed by atoms with E-state index in [1.54, 1.807) is 6.20 Å². The van der Waals surface area contributed by atoms with Gasteiger partial charge in [-0.15, -0.1) is 0 Å². The molecule has 0 spiro atoms. The van der Waals surface area contributed by atoms with E-state index in [0.29, 0.717) is 0 Å². The highest BCUT2D eigenvalue weighted by molar-refractivity contribution is 5.60. The SMILES string of the molecule is CN(c1ccccc1)c1cn[nH]c1. The molecule has 0 aliphatic carbocycles. The van der Waals surface area contributed by atoms with Gasteiger partial charge in [0.15, 0.2) is 0 Å². The van der Waals surface area contributed by atoms with Gasteiger partial charge in [-0.2, -0.15) is 5.10 Å². The second kappa shape index (κ2) is 3.31. The van der Waals surface area contributed by atoms with Crippen LogP contribution < -0.4 is 4.90 Å². The summed E-state index contributed by atoms with van der Waals surface area (Å²) in [5, 5.41) is 6.69. The van der Waals surface area contributed by atoms with Crippen LogP contribution in [0.15, 0.2) is 42.7 Å². The summed E-state index contributed by atoms with van der Waals surface area (Å²) in [5.74, 6) is 0. The Morgan fingerprint density at radius 2 is 1.92 bits per heavy atom. The summed E-state index contributed by atoms with van der Waals surface area (Å²) in [5.41, 5.74) is 2.22. The number of nitrogens with zero attached hydrogens (tertiary/aromatic N) is 2. The molecule has 0 bridgehead atoms. The van der Waals surface area contributed by atoms with Crippen molar-refractivity contribution in [2.24, 2.45) is 0 Å². The molecule has 1 aromatic heterocycles. The molecule has 0 fully saturated rings. The lowest BCUT2D eigenvalue weighted by Crippen LogP contribution is -2.07. The number of nitrogens with one attached hydrogen (secondary N) is 1. The zero-order valence-electron chi connectivity index (χ0n) is 7.44. The van der Waals surface area contributed by atoms with E-state index in [1.165, 1.54) is 0 Å². The molecule has 2 rings (SSSR count). The number of benzene rings is 1. The van der Waals surface area contributed by atoms with Crippen LogP contribution in [-0.2, 0) is 0 Å². The van der Waals surface area contributed by atoms with E-state index in [9.17, 15) is 0 Å². The van der Waals surface area contributed by atoms with Crippen molar-refractivity contribution in [3.8, 4) is 0 Å². The van der Waals surface area contributed by atoms with Gasteiger partial charge in [0.1, 0.15) is 0 Å². The normalized spacial score (nSPS) is 9.92. The lowest BCUT2D eigenvalue weighted by atomic mass is 10.3. The predicted octanol–water partition coefficient (Wildman–Crippen LogP) is 2.18. The van der Waals surface area contributed by atoms with Crippen molar-refractivity contribution in [2.75, 3.05) is 11.9 Å². The van der Waals surface area contributed by atoms with Crippen LogP contribution in [0.4, 0.5) is 11.4 Å². The maximum absolute atomic E-state index is 3.90. The third-order valence-electron chi connectivity index (χ3n) is 2.01. The maximum atomic E-state index is 3.90. The molecule has 3 nitrogen and oxygen atoms in total. The Kier molecular flexibility index (Phi) is 2.00. The molecule has 0 aliphatic rings. The van der Waals surface area contributed by atoms with Crippen LogP contribution in [0.1, 0.15) is 0 Å². The van der Waals surface area contributed by atoms with Gasteiger partial charge in [-0.25, -0.2) is 0 Å². The largest absolute Gasteiger partial charge is 0.342 e. The van der Waals surface area contributed by atoms with E-state index in [-0.39, 0.29) is 0 Å². The fourth-order valence-corrected chi connectivity index (χ4v) is 1.23. The number of rotatable bonds is 2.